The first-order valence-electron chi connectivity index (χ1n) is 6.28. The highest BCUT2D eigenvalue weighted by Gasteiger charge is 2.10. The van der Waals surface area contributed by atoms with Crippen molar-refractivity contribution in [3.8, 4) is 0 Å². The molecule has 5 heteroatoms. The maximum Gasteiger partial charge on any atom is 0.128 e. The lowest BCUT2D eigenvalue weighted by atomic mass is 10.1. The van der Waals surface area contributed by atoms with Gasteiger partial charge in [0.15, 0.2) is 0 Å². The van der Waals surface area contributed by atoms with Gasteiger partial charge in [-0.25, -0.2) is 9.37 Å². The Balaban J connectivity index is 2.03. The summed E-state index contributed by atoms with van der Waals surface area (Å²) in [7, 11) is 0. The third kappa shape index (κ3) is 4.00. The number of aromatic nitrogens is 1. The molecular weight excluding hydrogens is 283 g/mol. The Morgan fingerprint density at radius 1 is 1.42 bits per heavy atom. The molecule has 0 aliphatic heterocycles. The molecule has 0 amide bonds. The summed E-state index contributed by atoms with van der Waals surface area (Å²) in [6.45, 7) is 3.94. The monoisotopic (exact) mass is 298 g/mol. The summed E-state index contributed by atoms with van der Waals surface area (Å²) in [6, 6.07) is 4.75. The van der Waals surface area contributed by atoms with Gasteiger partial charge in [-0.05, 0) is 25.1 Å². The van der Waals surface area contributed by atoms with Crippen LogP contribution in [-0.4, -0.2) is 11.5 Å². The fourth-order valence-electron chi connectivity index (χ4n) is 1.75. The molecule has 0 radical (unpaired) electrons. The second-order valence-electron chi connectivity index (χ2n) is 4.27. The van der Waals surface area contributed by atoms with Crippen LogP contribution in [-0.2, 0) is 13.0 Å². The van der Waals surface area contributed by atoms with Gasteiger partial charge >= 0.3 is 0 Å². The normalized spacial score (nSPS) is 10.9. The number of nitrogens with zero attached hydrogens (tertiary/aromatic N) is 1. The Morgan fingerprint density at radius 3 is 3.00 bits per heavy atom. The number of hydrogen-bond donors (Lipinski definition) is 1. The molecule has 19 heavy (non-hydrogen) atoms. The van der Waals surface area contributed by atoms with Crippen molar-refractivity contribution in [2.24, 2.45) is 0 Å². The first kappa shape index (κ1) is 14.4. The Kier molecular flexibility index (Phi) is 5.31. The Labute approximate surface area is 121 Å². The second-order valence-corrected chi connectivity index (χ2v) is 5.88. The van der Waals surface area contributed by atoms with Crippen LogP contribution < -0.4 is 5.32 Å². The Hall–Kier alpha value is -0.970. The summed E-state index contributed by atoms with van der Waals surface area (Å²) < 4.78 is 13.7. The van der Waals surface area contributed by atoms with Crippen LogP contribution in [0.2, 0.25) is 5.02 Å². The predicted octanol–water partition coefficient (Wildman–Crippen LogP) is 4.03. The number of hydrogen-bond acceptors (Lipinski definition) is 3. The zero-order chi connectivity index (χ0) is 13.7. The van der Waals surface area contributed by atoms with E-state index in [0.29, 0.717) is 17.0 Å². The van der Waals surface area contributed by atoms with E-state index in [1.54, 1.807) is 23.5 Å². The van der Waals surface area contributed by atoms with Gasteiger partial charge in [0.2, 0.25) is 0 Å². The second kappa shape index (κ2) is 6.98. The minimum absolute atomic E-state index is 0.270. The smallest absolute Gasteiger partial charge is 0.128 e. The third-order valence-corrected chi connectivity index (χ3v) is 4.07. The summed E-state index contributed by atoms with van der Waals surface area (Å²) in [5.74, 6) is -0.270. The molecule has 2 aromatic rings. The third-order valence-electron chi connectivity index (χ3n) is 2.72. The lowest BCUT2D eigenvalue weighted by molar-refractivity contribution is 0.614. The van der Waals surface area contributed by atoms with Crippen molar-refractivity contribution in [2.45, 2.75) is 26.3 Å². The first-order valence-corrected chi connectivity index (χ1v) is 7.47. The fraction of sp³-hybridized carbons (Fsp3) is 0.357. The standard InChI is InChI=1S/C14H16ClFN2S/c1-2-6-17-8-10-9-18-14(19-10)7-11-12(15)4-3-5-13(11)16/h3-5,9,17H,2,6-8H2,1H3. The summed E-state index contributed by atoms with van der Waals surface area (Å²) in [6.07, 6.45) is 3.40. The SMILES string of the molecule is CCCNCc1cnc(Cc2c(F)cccc2Cl)s1. The van der Waals surface area contributed by atoms with Crippen LogP contribution in [0.25, 0.3) is 0 Å². The molecule has 2 nitrogen and oxygen atoms in total. The maximum absolute atomic E-state index is 13.7. The van der Waals surface area contributed by atoms with E-state index in [1.807, 2.05) is 6.20 Å². The van der Waals surface area contributed by atoms with Crippen molar-refractivity contribution < 1.29 is 4.39 Å². The predicted molar refractivity (Wildman–Crippen MR) is 78.3 cm³/mol. The summed E-state index contributed by atoms with van der Waals surface area (Å²) >= 11 is 7.61. The molecule has 1 N–H and O–H groups in total. The molecule has 0 fully saturated rings. The van der Waals surface area contributed by atoms with Crippen LogP contribution >= 0.6 is 22.9 Å². The van der Waals surface area contributed by atoms with Crippen molar-refractivity contribution in [1.29, 1.82) is 0 Å². The summed E-state index contributed by atoms with van der Waals surface area (Å²) in [4.78, 5) is 5.49. The van der Waals surface area contributed by atoms with E-state index in [9.17, 15) is 4.39 Å². The van der Waals surface area contributed by atoms with Crippen molar-refractivity contribution in [3.05, 3.63) is 50.7 Å². The molecule has 0 aliphatic rings. The van der Waals surface area contributed by atoms with E-state index >= 15 is 0 Å². The van der Waals surface area contributed by atoms with Gasteiger partial charge in [-0.15, -0.1) is 11.3 Å². The number of benzene rings is 1. The summed E-state index contributed by atoms with van der Waals surface area (Å²) in [5, 5.41) is 4.67. The van der Waals surface area contributed by atoms with Crippen molar-refractivity contribution in [3.63, 3.8) is 0 Å². The van der Waals surface area contributed by atoms with E-state index in [1.165, 1.54) is 6.07 Å². The van der Waals surface area contributed by atoms with Crippen molar-refractivity contribution in [1.82, 2.24) is 10.3 Å². The Bertz CT molecular complexity index is 522. The van der Waals surface area contributed by atoms with Crippen LogP contribution in [0, 0.1) is 5.82 Å². The molecule has 0 saturated heterocycles. The highest BCUT2D eigenvalue weighted by atomic mass is 35.5. The topological polar surface area (TPSA) is 24.9 Å². The van der Waals surface area contributed by atoms with Gasteiger partial charge in [0.05, 0.1) is 5.01 Å². The van der Waals surface area contributed by atoms with Crippen molar-refractivity contribution in [2.75, 3.05) is 6.54 Å². The molecular formula is C14H16ClFN2S. The molecule has 0 bridgehead atoms. The molecule has 0 saturated carbocycles. The van der Waals surface area contributed by atoms with Gasteiger partial charge in [0.25, 0.3) is 0 Å². The fourth-order valence-corrected chi connectivity index (χ4v) is 2.89. The minimum Gasteiger partial charge on any atom is -0.312 e. The van der Waals surface area contributed by atoms with E-state index in [2.05, 4.69) is 17.2 Å². The summed E-state index contributed by atoms with van der Waals surface area (Å²) in [5.41, 5.74) is 0.520. The molecule has 1 aromatic heterocycles. The zero-order valence-electron chi connectivity index (χ0n) is 10.7. The lowest BCUT2D eigenvalue weighted by Gasteiger charge is -2.03. The largest absolute Gasteiger partial charge is 0.312 e. The lowest BCUT2D eigenvalue weighted by Crippen LogP contribution is -2.12. The molecule has 102 valence electrons. The van der Waals surface area contributed by atoms with Gasteiger partial charge < -0.3 is 5.32 Å². The van der Waals surface area contributed by atoms with Gasteiger partial charge in [-0.1, -0.05) is 24.6 Å². The number of halogens is 2. The van der Waals surface area contributed by atoms with E-state index < -0.39 is 0 Å². The molecule has 2 rings (SSSR count). The average Bonchev–Trinajstić information content (AvgIpc) is 2.82. The van der Waals surface area contributed by atoms with Gasteiger partial charge in [0.1, 0.15) is 5.82 Å². The van der Waals surface area contributed by atoms with E-state index in [4.69, 9.17) is 11.6 Å². The highest BCUT2D eigenvalue weighted by molar-refractivity contribution is 7.11. The molecule has 0 spiro atoms. The number of nitrogens with one attached hydrogen (secondary N) is 1. The zero-order valence-corrected chi connectivity index (χ0v) is 12.3. The van der Waals surface area contributed by atoms with Gasteiger partial charge in [-0.2, -0.15) is 0 Å². The average molecular weight is 299 g/mol. The van der Waals surface area contributed by atoms with E-state index in [0.717, 1.165) is 29.4 Å². The molecule has 1 aromatic carbocycles. The van der Waals surface area contributed by atoms with Gasteiger partial charge in [-0.3, -0.25) is 0 Å². The van der Waals surface area contributed by atoms with Crippen LogP contribution in [0.5, 0.6) is 0 Å². The highest BCUT2D eigenvalue weighted by Crippen LogP contribution is 2.24. The van der Waals surface area contributed by atoms with Crippen LogP contribution in [0.4, 0.5) is 4.39 Å². The Morgan fingerprint density at radius 2 is 2.26 bits per heavy atom. The van der Waals surface area contributed by atoms with Crippen LogP contribution in [0.15, 0.2) is 24.4 Å². The number of thiazole rings is 1. The molecule has 0 aliphatic carbocycles. The number of rotatable bonds is 6. The van der Waals surface area contributed by atoms with Crippen LogP contribution in [0.3, 0.4) is 0 Å². The quantitative estimate of drug-likeness (QED) is 0.815. The maximum atomic E-state index is 13.7. The molecule has 1 heterocycles. The van der Waals surface area contributed by atoms with Crippen LogP contribution in [0.1, 0.15) is 28.8 Å². The van der Waals surface area contributed by atoms with E-state index in [-0.39, 0.29) is 5.82 Å². The molecule has 0 unspecified atom stereocenters. The first-order chi connectivity index (χ1) is 9.20. The van der Waals surface area contributed by atoms with Crippen molar-refractivity contribution >= 4 is 22.9 Å². The minimum atomic E-state index is -0.270. The van der Waals surface area contributed by atoms with Gasteiger partial charge in [0, 0.05) is 34.6 Å². The molecule has 0 atom stereocenters.